The summed E-state index contributed by atoms with van der Waals surface area (Å²) in [4.78, 5) is 22.5. The number of carbonyl (C=O) groups excluding carboxylic acids is 2. The molecule has 0 fully saturated rings. The molecule has 1 rings (SSSR count). The molecule has 0 bridgehead atoms. The van der Waals surface area contributed by atoms with E-state index >= 15 is 0 Å². The molecule has 0 spiro atoms. The third kappa shape index (κ3) is 6.90. The van der Waals surface area contributed by atoms with Gasteiger partial charge in [0.25, 0.3) is 0 Å². The van der Waals surface area contributed by atoms with E-state index in [2.05, 4.69) is 26.6 Å². The van der Waals surface area contributed by atoms with E-state index in [0.29, 0.717) is 25.9 Å². The first-order valence-corrected chi connectivity index (χ1v) is 7.06. The minimum Gasteiger partial charge on any atom is -0.354 e. The van der Waals surface area contributed by atoms with Gasteiger partial charge in [-0.25, -0.2) is 0 Å². The van der Waals surface area contributed by atoms with Crippen LogP contribution in [0.3, 0.4) is 0 Å². The minimum atomic E-state index is -0.323. The molecule has 0 aliphatic carbocycles. The number of hydrogen-bond acceptors (Lipinski definition) is 3. The molecule has 106 valence electrons. The molecule has 2 N–H and O–H groups in total. The molecule has 1 aromatic rings. The molecule has 0 unspecified atom stereocenters. The van der Waals surface area contributed by atoms with Crippen molar-refractivity contribution in [1.29, 1.82) is 5.26 Å². The van der Waals surface area contributed by atoms with Gasteiger partial charge >= 0.3 is 0 Å². The second-order valence-corrected chi connectivity index (χ2v) is 5.08. The van der Waals surface area contributed by atoms with Gasteiger partial charge in [-0.2, -0.15) is 5.26 Å². The third-order valence-corrected chi connectivity index (χ3v) is 3.09. The summed E-state index contributed by atoms with van der Waals surface area (Å²) in [6.07, 6.45) is 0.936. The number of carbonyl (C=O) groups is 2. The summed E-state index contributed by atoms with van der Waals surface area (Å²) in [5.74, 6) is -0.376. The van der Waals surface area contributed by atoms with Crippen molar-refractivity contribution in [2.45, 2.75) is 19.3 Å². The predicted octanol–water partition coefficient (Wildman–Crippen LogP) is 1.53. The molecule has 0 aliphatic rings. The van der Waals surface area contributed by atoms with Crippen LogP contribution in [-0.2, 0) is 16.0 Å². The van der Waals surface area contributed by atoms with Crippen LogP contribution in [0.5, 0.6) is 0 Å². The molecule has 5 nitrogen and oxygen atoms in total. The maximum atomic E-state index is 11.6. The standard InChI is InChI=1S/C14H16BrN3O2/c15-12-4-1-11(2-5-12)3-6-13(19)17-9-10-18-14(20)7-8-16/h1-2,4-5H,3,6-7,9-10H2,(H,17,19)(H,18,20). The summed E-state index contributed by atoms with van der Waals surface area (Å²) in [6, 6.07) is 9.59. The van der Waals surface area contributed by atoms with Gasteiger partial charge in [-0.15, -0.1) is 0 Å². The average molecular weight is 338 g/mol. The Morgan fingerprint density at radius 3 is 2.30 bits per heavy atom. The number of halogens is 1. The molecule has 2 amide bonds. The van der Waals surface area contributed by atoms with E-state index in [-0.39, 0.29) is 18.2 Å². The van der Waals surface area contributed by atoms with Crippen LogP contribution in [0.15, 0.2) is 28.7 Å². The van der Waals surface area contributed by atoms with E-state index in [1.165, 1.54) is 0 Å². The Hall–Kier alpha value is -1.87. The van der Waals surface area contributed by atoms with Crippen molar-refractivity contribution >= 4 is 27.7 Å². The van der Waals surface area contributed by atoms with Crippen molar-refractivity contribution in [1.82, 2.24) is 10.6 Å². The van der Waals surface area contributed by atoms with E-state index in [1.54, 1.807) is 6.07 Å². The monoisotopic (exact) mass is 337 g/mol. The van der Waals surface area contributed by atoms with Gasteiger partial charge in [-0.3, -0.25) is 9.59 Å². The van der Waals surface area contributed by atoms with Gasteiger partial charge in [-0.1, -0.05) is 28.1 Å². The summed E-state index contributed by atoms with van der Waals surface area (Å²) in [7, 11) is 0. The number of hydrogen-bond donors (Lipinski definition) is 2. The Bertz CT molecular complexity index is 494. The summed E-state index contributed by atoms with van der Waals surface area (Å²) in [5, 5.41) is 13.5. The van der Waals surface area contributed by atoms with E-state index in [1.807, 2.05) is 24.3 Å². The molecule has 1 aromatic carbocycles. The van der Waals surface area contributed by atoms with Gasteiger partial charge < -0.3 is 10.6 Å². The highest BCUT2D eigenvalue weighted by atomic mass is 79.9. The molecule has 20 heavy (non-hydrogen) atoms. The zero-order valence-electron chi connectivity index (χ0n) is 11.0. The quantitative estimate of drug-likeness (QED) is 0.740. The van der Waals surface area contributed by atoms with Crippen LogP contribution in [0, 0.1) is 11.3 Å². The van der Waals surface area contributed by atoms with E-state index < -0.39 is 0 Å². The zero-order valence-corrected chi connectivity index (χ0v) is 12.6. The largest absolute Gasteiger partial charge is 0.354 e. The fourth-order valence-corrected chi connectivity index (χ4v) is 1.80. The number of aryl methyl sites for hydroxylation is 1. The molecule has 0 aliphatic heterocycles. The Labute approximate surface area is 126 Å². The van der Waals surface area contributed by atoms with Gasteiger partial charge in [-0.05, 0) is 24.1 Å². The van der Waals surface area contributed by atoms with Crippen molar-refractivity contribution < 1.29 is 9.59 Å². The summed E-state index contributed by atoms with van der Waals surface area (Å²) < 4.78 is 1.01. The fraction of sp³-hybridized carbons (Fsp3) is 0.357. The van der Waals surface area contributed by atoms with E-state index in [9.17, 15) is 9.59 Å². The Morgan fingerprint density at radius 1 is 1.10 bits per heavy atom. The lowest BCUT2D eigenvalue weighted by Crippen LogP contribution is -2.34. The number of benzene rings is 1. The lowest BCUT2D eigenvalue weighted by molar-refractivity contribution is -0.122. The highest BCUT2D eigenvalue weighted by molar-refractivity contribution is 9.10. The molecule has 0 radical (unpaired) electrons. The van der Waals surface area contributed by atoms with Crippen molar-refractivity contribution in [2.24, 2.45) is 0 Å². The summed E-state index contributed by atoms with van der Waals surface area (Å²) in [6.45, 7) is 0.709. The molecular formula is C14H16BrN3O2. The number of nitrogens with one attached hydrogen (secondary N) is 2. The van der Waals surface area contributed by atoms with Crippen LogP contribution >= 0.6 is 15.9 Å². The van der Waals surface area contributed by atoms with Crippen LogP contribution in [0.4, 0.5) is 0 Å². The molecule has 6 heteroatoms. The maximum Gasteiger partial charge on any atom is 0.234 e. The van der Waals surface area contributed by atoms with Crippen LogP contribution in [-0.4, -0.2) is 24.9 Å². The highest BCUT2D eigenvalue weighted by Crippen LogP contribution is 2.11. The fourth-order valence-electron chi connectivity index (χ4n) is 1.54. The number of nitriles is 1. The SMILES string of the molecule is N#CCC(=O)NCCNC(=O)CCc1ccc(Br)cc1. The normalized spacial score (nSPS) is 9.60. The van der Waals surface area contributed by atoms with Gasteiger partial charge in [0.05, 0.1) is 6.07 Å². The number of rotatable bonds is 7. The Balaban J connectivity index is 2.13. The lowest BCUT2D eigenvalue weighted by atomic mass is 10.1. The highest BCUT2D eigenvalue weighted by Gasteiger charge is 2.03. The van der Waals surface area contributed by atoms with Gasteiger partial charge in [0.2, 0.25) is 11.8 Å². The summed E-state index contributed by atoms with van der Waals surface area (Å²) in [5.41, 5.74) is 1.10. The third-order valence-electron chi connectivity index (χ3n) is 2.56. The topological polar surface area (TPSA) is 82.0 Å². The maximum absolute atomic E-state index is 11.6. The second kappa shape index (κ2) is 9.10. The van der Waals surface area contributed by atoms with Crippen LogP contribution in [0.2, 0.25) is 0 Å². The second-order valence-electron chi connectivity index (χ2n) is 4.16. The predicted molar refractivity (Wildman–Crippen MR) is 78.7 cm³/mol. The Morgan fingerprint density at radius 2 is 1.70 bits per heavy atom. The molecular weight excluding hydrogens is 322 g/mol. The van der Waals surface area contributed by atoms with Crippen LogP contribution in [0.25, 0.3) is 0 Å². The molecule has 0 saturated carbocycles. The molecule has 0 atom stereocenters. The van der Waals surface area contributed by atoms with Crippen LogP contribution < -0.4 is 10.6 Å². The average Bonchev–Trinajstić information content (AvgIpc) is 2.43. The molecule has 0 heterocycles. The minimum absolute atomic E-state index is 0.0533. The molecule has 0 saturated heterocycles. The van der Waals surface area contributed by atoms with E-state index in [0.717, 1.165) is 10.0 Å². The van der Waals surface area contributed by atoms with Crippen molar-refractivity contribution in [3.63, 3.8) is 0 Å². The van der Waals surface area contributed by atoms with Gasteiger partial charge in [0, 0.05) is 24.0 Å². The number of amides is 2. The van der Waals surface area contributed by atoms with Gasteiger partial charge in [0.15, 0.2) is 0 Å². The smallest absolute Gasteiger partial charge is 0.234 e. The zero-order chi connectivity index (χ0) is 14.8. The Kier molecular flexibility index (Phi) is 7.36. The summed E-state index contributed by atoms with van der Waals surface area (Å²) >= 11 is 3.36. The van der Waals surface area contributed by atoms with E-state index in [4.69, 9.17) is 5.26 Å². The van der Waals surface area contributed by atoms with Gasteiger partial charge in [0.1, 0.15) is 6.42 Å². The van der Waals surface area contributed by atoms with Crippen molar-refractivity contribution in [3.05, 3.63) is 34.3 Å². The lowest BCUT2D eigenvalue weighted by Gasteiger charge is -2.06. The van der Waals surface area contributed by atoms with Crippen molar-refractivity contribution in [3.8, 4) is 6.07 Å². The van der Waals surface area contributed by atoms with Crippen LogP contribution in [0.1, 0.15) is 18.4 Å². The first-order valence-electron chi connectivity index (χ1n) is 6.26. The first kappa shape index (κ1) is 16.2. The molecule has 0 aromatic heterocycles. The first-order chi connectivity index (χ1) is 9.61. The van der Waals surface area contributed by atoms with Crippen molar-refractivity contribution in [2.75, 3.05) is 13.1 Å². The number of nitrogens with zero attached hydrogens (tertiary/aromatic N) is 1.